The van der Waals surface area contributed by atoms with Crippen molar-refractivity contribution < 1.29 is 4.74 Å². The van der Waals surface area contributed by atoms with Crippen LogP contribution in [0.5, 0.6) is 0 Å². The van der Waals surface area contributed by atoms with E-state index in [1.807, 2.05) is 0 Å². The van der Waals surface area contributed by atoms with Gasteiger partial charge >= 0.3 is 0 Å². The van der Waals surface area contributed by atoms with Crippen LogP contribution in [0.4, 0.5) is 5.69 Å². The molecule has 1 N–H and O–H groups in total. The Morgan fingerprint density at radius 3 is 3.10 bits per heavy atom. The molecule has 0 aromatic heterocycles. The number of ether oxygens (including phenoxy) is 1. The highest BCUT2D eigenvalue weighted by molar-refractivity contribution is 6.30. The van der Waals surface area contributed by atoms with E-state index < -0.39 is 0 Å². The number of nitrogens with zero attached hydrogens (tertiary/aromatic N) is 2. The molecule has 4 nitrogen and oxygen atoms in total. The summed E-state index contributed by atoms with van der Waals surface area (Å²) in [5.41, 5.74) is 1.42. The number of benzene rings is 1. The molecule has 1 aromatic rings. The van der Waals surface area contributed by atoms with Crippen LogP contribution in [0.3, 0.4) is 0 Å². The van der Waals surface area contributed by atoms with Gasteiger partial charge in [-0.15, -0.1) is 0 Å². The lowest BCUT2D eigenvalue weighted by molar-refractivity contribution is -0.0159. The number of rotatable bonds is 4. The molecular formula is C15H20ClN3O. The first kappa shape index (κ1) is 15.1. The van der Waals surface area contributed by atoms with Crippen molar-refractivity contribution in [1.82, 2.24) is 4.90 Å². The van der Waals surface area contributed by atoms with Gasteiger partial charge < -0.3 is 10.1 Å². The van der Waals surface area contributed by atoms with Crippen LogP contribution in [0.25, 0.3) is 0 Å². The van der Waals surface area contributed by atoms with E-state index in [-0.39, 0.29) is 0 Å². The summed E-state index contributed by atoms with van der Waals surface area (Å²) in [6.45, 7) is 7.66. The van der Waals surface area contributed by atoms with E-state index in [9.17, 15) is 0 Å². The highest BCUT2D eigenvalue weighted by atomic mass is 35.5. The van der Waals surface area contributed by atoms with Gasteiger partial charge in [-0.1, -0.05) is 11.6 Å². The van der Waals surface area contributed by atoms with E-state index in [0.29, 0.717) is 22.7 Å². The average Bonchev–Trinajstić information content (AvgIpc) is 2.45. The van der Waals surface area contributed by atoms with Gasteiger partial charge in [-0.05, 0) is 32.0 Å². The zero-order valence-corrected chi connectivity index (χ0v) is 12.7. The first-order chi connectivity index (χ1) is 9.61. The molecule has 0 saturated carbocycles. The fourth-order valence-corrected chi connectivity index (χ4v) is 2.70. The lowest BCUT2D eigenvalue weighted by Gasteiger charge is -2.38. The normalized spacial score (nSPS) is 21.2. The first-order valence-corrected chi connectivity index (χ1v) is 7.26. The molecule has 20 heavy (non-hydrogen) atoms. The van der Waals surface area contributed by atoms with Gasteiger partial charge in [-0.3, -0.25) is 4.90 Å². The van der Waals surface area contributed by atoms with Crippen LogP contribution in [-0.2, 0) is 4.74 Å². The standard InChI is InChI=1S/C15H20ClN3O/c1-11(19-5-6-20-10-12(19)2)9-18-15-7-14(16)4-3-13(15)8-17/h3-4,7,11-12,18H,5-6,9-10H2,1-2H3. The number of halogens is 1. The van der Waals surface area contributed by atoms with Crippen LogP contribution >= 0.6 is 11.6 Å². The van der Waals surface area contributed by atoms with E-state index in [0.717, 1.165) is 32.0 Å². The Bertz CT molecular complexity index is 500. The molecule has 1 aliphatic heterocycles. The summed E-state index contributed by atoms with van der Waals surface area (Å²) in [5, 5.41) is 13.1. The average molecular weight is 294 g/mol. The fraction of sp³-hybridized carbons (Fsp3) is 0.533. The van der Waals surface area contributed by atoms with Crippen LogP contribution in [0.15, 0.2) is 18.2 Å². The molecule has 0 aliphatic carbocycles. The highest BCUT2D eigenvalue weighted by Gasteiger charge is 2.23. The van der Waals surface area contributed by atoms with E-state index >= 15 is 0 Å². The molecule has 5 heteroatoms. The molecule has 0 spiro atoms. The summed E-state index contributed by atoms with van der Waals surface area (Å²) in [6.07, 6.45) is 0. The topological polar surface area (TPSA) is 48.3 Å². The second kappa shape index (κ2) is 6.94. The molecule has 2 unspecified atom stereocenters. The SMILES string of the molecule is CC(CNc1cc(Cl)ccc1C#N)N1CCOCC1C. The van der Waals surface area contributed by atoms with Gasteiger partial charge in [0.1, 0.15) is 6.07 Å². The molecule has 2 atom stereocenters. The quantitative estimate of drug-likeness (QED) is 0.927. The molecule has 0 bridgehead atoms. The largest absolute Gasteiger partial charge is 0.382 e. The first-order valence-electron chi connectivity index (χ1n) is 6.89. The third-order valence-electron chi connectivity index (χ3n) is 3.68. The van der Waals surface area contributed by atoms with Crippen LogP contribution in [0.1, 0.15) is 19.4 Å². The van der Waals surface area contributed by atoms with Gasteiger partial charge in [-0.25, -0.2) is 0 Å². The van der Waals surface area contributed by atoms with Crippen molar-refractivity contribution in [1.29, 1.82) is 5.26 Å². The molecule has 108 valence electrons. The van der Waals surface area contributed by atoms with Gasteiger partial charge in [0.05, 0.1) is 24.5 Å². The third-order valence-corrected chi connectivity index (χ3v) is 3.91. The van der Waals surface area contributed by atoms with Crippen molar-refractivity contribution >= 4 is 17.3 Å². The van der Waals surface area contributed by atoms with Gasteiger partial charge in [0, 0.05) is 30.2 Å². The summed E-state index contributed by atoms with van der Waals surface area (Å²) >= 11 is 5.98. The number of nitrogens with one attached hydrogen (secondary N) is 1. The molecule has 1 heterocycles. The zero-order valence-electron chi connectivity index (χ0n) is 11.9. The predicted octanol–water partition coefficient (Wildman–Crippen LogP) is 2.73. The molecule has 1 saturated heterocycles. The third kappa shape index (κ3) is 3.63. The van der Waals surface area contributed by atoms with Crippen LogP contribution < -0.4 is 5.32 Å². The molecule has 1 aromatic carbocycles. The van der Waals surface area contributed by atoms with E-state index in [1.165, 1.54) is 0 Å². The Labute approximate surface area is 125 Å². The van der Waals surface area contributed by atoms with Crippen molar-refractivity contribution in [3.05, 3.63) is 28.8 Å². The molecule has 1 aliphatic rings. The van der Waals surface area contributed by atoms with Gasteiger partial charge in [0.2, 0.25) is 0 Å². The number of hydrogen-bond donors (Lipinski definition) is 1. The van der Waals surface area contributed by atoms with Gasteiger partial charge in [0.15, 0.2) is 0 Å². The Hall–Kier alpha value is -1.28. The van der Waals surface area contributed by atoms with Crippen molar-refractivity contribution in [3.63, 3.8) is 0 Å². The second-order valence-corrected chi connectivity index (χ2v) is 5.63. The minimum Gasteiger partial charge on any atom is -0.382 e. The monoisotopic (exact) mass is 293 g/mol. The van der Waals surface area contributed by atoms with E-state index in [1.54, 1.807) is 18.2 Å². The van der Waals surface area contributed by atoms with Crippen molar-refractivity contribution in [2.75, 3.05) is 31.6 Å². The smallest absolute Gasteiger partial charge is 0.101 e. The zero-order chi connectivity index (χ0) is 14.5. The van der Waals surface area contributed by atoms with E-state index in [2.05, 4.69) is 30.1 Å². The minimum absolute atomic E-state index is 0.374. The Morgan fingerprint density at radius 1 is 1.60 bits per heavy atom. The lowest BCUT2D eigenvalue weighted by Crippen LogP contribution is -2.50. The molecule has 0 amide bonds. The summed E-state index contributed by atoms with van der Waals surface area (Å²) in [7, 11) is 0. The maximum atomic E-state index is 9.11. The highest BCUT2D eigenvalue weighted by Crippen LogP contribution is 2.21. The van der Waals surface area contributed by atoms with Crippen LogP contribution in [-0.4, -0.2) is 43.3 Å². The van der Waals surface area contributed by atoms with Crippen molar-refractivity contribution in [2.45, 2.75) is 25.9 Å². The summed E-state index contributed by atoms with van der Waals surface area (Å²) in [4.78, 5) is 2.42. The number of morpholine rings is 1. The Morgan fingerprint density at radius 2 is 2.40 bits per heavy atom. The predicted molar refractivity (Wildman–Crippen MR) is 81.1 cm³/mol. The summed E-state index contributed by atoms with van der Waals surface area (Å²) in [5.74, 6) is 0. The number of hydrogen-bond acceptors (Lipinski definition) is 4. The van der Waals surface area contributed by atoms with Crippen LogP contribution in [0, 0.1) is 11.3 Å². The minimum atomic E-state index is 0.374. The van der Waals surface area contributed by atoms with Crippen molar-refractivity contribution in [2.24, 2.45) is 0 Å². The molecular weight excluding hydrogens is 274 g/mol. The summed E-state index contributed by atoms with van der Waals surface area (Å²) < 4.78 is 5.45. The Kier molecular flexibility index (Phi) is 5.24. The molecule has 2 rings (SSSR count). The Balaban J connectivity index is 1.98. The van der Waals surface area contributed by atoms with E-state index in [4.69, 9.17) is 21.6 Å². The second-order valence-electron chi connectivity index (χ2n) is 5.19. The van der Waals surface area contributed by atoms with Crippen LogP contribution in [0.2, 0.25) is 5.02 Å². The fourth-order valence-electron chi connectivity index (χ4n) is 2.53. The molecule has 0 radical (unpaired) electrons. The summed E-state index contributed by atoms with van der Waals surface area (Å²) in [6, 6.07) is 8.26. The van der Waals surface area contributed by atoms with Gasteiger partial charge in [0.25, 0.3) is 0 Å². The maximum absolute atomic E-state index is 9.11. The van der Waals surface area contributed by atoms with Crippen molar-refractivity contribution in [3.8, 4) is 6.07 Å². The maximum Gasteiger partial charge on any atom is 0.101 e. The lowest BCUT2D eigenvalue weighted by atomic mass is 10.1. The molecule has 1 fully saturated rings. The number of anilines is 1. The number of nitriles is 1. The van der Waals surface area contributed by atoms with Gasteiger partial charge in [-0.2, -0.15) is 5.26 Å².